The number of nitrogens with one attached hydrogen (secondary N) is 1. The standard InChI is InChI=1S/C11H8Cl2N2OS/c1-16-9-3-2-6(12)4-7(9)8-5-10(13)14-15-11(8)17/h2-5H,1H3,(H,15,17). The molecule has 17 heavy (non-hydrogen) atoms. The maximum Gasteiger partial charge on any atom is 0.150 e. The number of benzene rings is 1. The maximum atomic E-state index is 5.97. The van der Waals surface area contributed by atoms with Crippen molar-refractivity contribution in [2.24, 2.45) is 0 Å². The SMILES string of the molecule is COc1ccc(Cl)cc1-c1cc(Cl)n[nH]c1=S. The molecule has 0 aliphatic carbocycles. The van der Waals surface area contributed by atoms with Gasteiger partial charge in [0.1, 0.15) is 15.5 Å². The van der Waals surface area contributed by atoms with Crippen molar-refractivity contribution in [3.05, 3.63) is 39.1 Å². The van der Waals surface area contributed by atoms with Gasteiger partial charge in [-0.25, -0.2) is 0 Å². The van der Waals surface area contributed by atoms with Gasteiger partial charge in [-0.05, 0) is 24.3 Å². The van der Waals surface area contributed by atoms with E-state index >= 15 is 0 Å². The van der Waals surface area contributed by atoms with Crippen LogP contribution in [0.5, 0.6) is 5.75 Å². The second-order valence-electron chi connectivity index (χ2n) is 3.28. The summed E-state index contributed by atoms with van der Waals surface area (Å²) in [5.41, 5.74) is 1.52. The van der Waals surface area contributed by atoms with Gasteiger partial charge in [0.2, 0.25) is 0 Å². The van der Waals surface area contributed by atoms with Crippen LogP contribution in [0.4, 0.5) is 0 Å². The topological polar surface area (TPSA) is 37.9 Å². The van der Waals surface area contributed by atoms with Crippen LogP contribution in [-0.2, 0) is 0 Å². The van der Waals surface area contributed by atoms with Gasteiger partial charge in [0.25, 0.3) is 0 Å². The minimum absolute atomic E-state index is 0.329. The minimum Gasteiger partial charge on any atom is -0.496 e. The minimum atomic E-state index is 0.329. The zero-order chi connectivity index (χ0) is 12.4. The highest BCUT2D eigenvalue weighted by Gasteiger charge is 2.09. The summed E-state index contributed by atoms with van der Waals surface area (Å²) in [7, 11) is 1.59. The van der Waals surface area contributed by atoms with Gasteiger partial charge in [0.15, 0.2) is 0 Å². The van der Waals surface area contributed by atoms with E-state index in [-0.39, 0.29) is 0 Å². The van der Waals surface area contributed by atoms with Crippen molar-refractivity contribution in [3.63, 3.8) is 0 Å². The summed E-state index contributed by atoms with van der Waals surface area (Å²) >= 11 is 17.0. The molecule has 0 aliphatic rings. The van der Waals surface area contributed by atoms with E-state index in [1.807, 2.05) is 0 Å². The molecule has 2 aromatic rings. The van der Waals surface area contributed by atoms with Crippen LogP contribution in [0.2, 0.25) is 10.2 Å². The van der Waals surface area contributed by atoms with Gasteiger partial charge in [-0.3, -0.25) is 5.10 Å². The van der Waals surface area contributed by atoms with Crippen LogP contribution in [0.1, 0.15) is 0 Å². The van der Waals surface area contributed by atoms with Gasteiger partial charge >= 0.3 is 0 Å². The summed E-state index contributed by atoms with van der Waals surface area (Å²) in [4.78, 5) is 0. The highest BCUT2D eigenvalue weighted by atomic mass is 35.5. The number of aromatic amines is 1. The average Bonchev–Trinajstić information content (AvgIpc) is 2.32. The third kappa shape index (κ3) is 2.60. The average molecular weight is 287 g/mol. The van der Waals surface area contributed by atoms with Crippen LogP contribution >= 0.6 is 35.4 Å². The molecule has 0 atom stereocenters. The van der Waals surface area contributed by atoms with Crippen molar-refractivity contribution < 1.29 is 4.74 Å². The number of halogens is 2. The Balaban J connectivity index is 2.71. The summed E-state index contributed by atoms with van der Waals surface area (Å²) in [5, 5.41) is 7.41. The third-order valence-corrected chi connectivity index (χ3v) is 2.96. The first-order valence-corrected chi connectivity index (χ1v) is 5.87. The first kappa shape index (κ1) is 12.4. The molecule has 0 amide bonds. The molecule has 1 heterocycles. The van der Waals surface area contributed by atoms with Crippen molar-refractivity contribution in [1.29, 1.82) is 0 Å². The molecule has 88 valence electrons. The number of rotatable bonds is 2. The molecule has 1 aromatic carbocycles. The van der Waals surface area contributed by atoms with Gasteiger partial charge in [-0.1, -0.05) is 35.4 Å². The Kier molecular flexibility index (Phi) is 3.66. The molecule has 0 aliphatic heterocycles. The van der Waals surface area contributed by atoms with E-state index in [1.54, 1.807) is 31.4 Å². The van der Waals surface area contributed by atoms with Gasteiger partial charge in [-0.15, -0.1) is 0 Å². The van der Waals surface area contributed by atoms with E-state index in [2.05, 4.69) is 10.2 Å². The predicted octanol–water partition coefficient (Wildman–Crippen LogP) is 4.12. The number of aromatic nitrogens is 2. The van der Waals surface area contributed by atoms with Crippen LogP contribution in [0.15, 0.2) is 24.3 Å². The quantitative estimate of drug-likeness (QED) is 0.844. The first-order valence-electron chi connectivity index (χ1n) is 4.71. The molecular formula is C11H8Cl2N2OS. The van der Waals surface area contributed by atoms with Crippen molar-refractivity contribution in [2.75, 3.05) is 7.11 Å². The lowest BCUT2D eigenvalue weighted by Gasteiger charge is -2.09. The molecule has 0 bridgehead atoms. The Morgan fingerprint density at radius 1 is 1.24 bits per heavy atom. The van der Waals surface area contributed by atoms with E-state index < -0.39 is 0 Å². The molecule has 0 saturated heterocycles. The summed E-state index contributed by atoms with van der Waals surface area (Å²) in [6, 6.07) is 6.98. The molecule has 0 spiro atoms. The normalized spacial score (nSPS) is 10.3. The lowest BCUT2D eigenvalue weighted by molar-refractivity contribution is 0.416. The molecule has 2 rings (SSSR count). The highest BCUT2D eigenvalue weighted by molar-refractivity contribution is 7.71. The number of methoxy groups -OCH3 is 1. The molecule has 3 nitrogen and oxygen atoms in total. The maximum absolute atomic E-state index is 5.97. The van der Waals surface area contributed by atoms with E-state index in [1.165, 1.54) is 0 Å². The zero-order valence-electron chi connectivity index (χ0n) is 8.83. The fourth-order valence-electron chi connectivity index (χ4n) is 1.47. The summed E-state index contributed by atoms with van der Waals surface area (Å²) in [6.07, 6.45) is 0. The second-order valence-corrected chi connectivity index (χ2v) is 4.51. The van der Waals surface area contributed by atoms with Gasteiger partial charge in [0, 0.05) is 16.1 Å². The number of hydrogen-bond acceptors (Lipinski definition) is 3. The summed E-state index contributed by atoms with van der Waals surface area (Å²) in [6.45, 7) is 0. The first-order chi connectivity index (χ1) is 8.11. The van der Waals surface area contributed by atoms with E-state index in [0.717, 1.165) is 11.1 Å². The van der Waals surface area contributed by atoms with Crippen LogP contribution in [0.3, 0.4) is 0 Å². The number of nitrogens with zero attached hydrogens (tertiary/aromatic N) is 1. The molecule has 0 saturated carbocycles. The lowest BCUT2D eigenvalue weighted by atomic mass is 10.1. The molecule has 0 unspecified atom stereocenters. The molecule has 1 aromatic heterocycles. The predicted molar refractivity (Wildman–Crippen MR) is 71.4 cm³/mol. The van der Waals surface area contributed by atoms with Crippen LogP contribution < -0.4 is 4.74 Å². The van der Waals surface area contributed by atoms with Gasteiger partial charge in [-0.2, -0.15) is 5.10 Å². The van der Waals surface area contributed by atoms with E-state index in [0.29, 0.717) is 20.6 Å². The summed E-state index contributed by atoms with van der Waals surface area (Å²) in [5.74, 6) is 0.677. The highest BCUT2D eigenvalue weighted by Crippen LogP contribution is 2.33. The van der Waals surface area contributed by atoms with Crippen molar-refractivity contribution in [3.8, 4) is 16.9 Å². The smallest absolute Gasteiger partial charge is 0.150 e. The fraction of sp³-hybridized carbons (Fsp3) is 0.0909. The fourth-order valence-corrected chi connectivity index (χ4v) is 2.01. The summed E-state index contributed by atoms with van der Waals surface area (Å²) < 4.78 is 5.75. The van der Waals surface area contributed by atoms with Crippen molar-refractivity contribution in [1.82, 2.24) is 10.2 Å². The zero-order valence-corrected chi connectivity index (χ0v) is 11.2. The number of hydrogen-bond donors (Lipinski definition) is 1. The van der Waals surface area contributed by atoms with E-state index in [9.17, 15) is 0 Å². The van der Waals surface area contributed by atoms with E-state index in [4.69, 9.17) is 40.2 Å². The largest absolute Gasteiger partial charge is 0.496 e. The Labute approximate surface area is 113 Å². The van der Waals surface area contributed by atoms with Crippen LogP contribution in [0, 0.1) is 4.64 Å². The Bertz CT molecular complexity index is 613. The number of H-pyrrole nitrogens is 1. The van der Waals surface area contributed by atoms with Crippen LogP contribution in [0.25, 0.3) is 11.1 Å². The monoisotopic (exact) mass is 286 g/mol. The van der Waals surface area contributed by atoms with Crippen LogP contribution in [-0.4, -0.2) is 17.3 Å². The van der Waals surface area contributed by atoms with Gasteiger partial charge < -0.3 is 4.74 Å². The second kappa shape index (κ2) is 5.04. The lowest BCUT2D eigenvalue weighted by Crippen LogP contribution is -1.91. The molecular weight excluding hydrogens is 279 g/mol. The van der Waals surface area contributed by atoms with Gasteiger partial charge in [0.05, 0.1) is 7.11 Å². The number of ether oxygens (including phenoxy) is 1. The molecule has 1 N–H and O–H groups in total. The Morgan fingerprint density at radius 2 is 2.00 bits per heavy atom. The molecule has 0 radical (unpaired) electrons. The Morgan fingerprint density at radius 3 is 2.71 bits per heavy atom. The van der Waals surface area contributed by atoms with Crippen molar-refractivity contribution in [2.45, 2.75) is 0 Å². The van der Waals surface area contributed by atoms with Crippen molar-refractivity contribution >= 4 is 35.4 Å². The molecule has 0 fully saturated rings. The Hall–Kier alpha value is -1.10. The third-order valence-electron chi connectivity index (χ3n) is 2.22. The molecule has 6 heteroatoms.